The highest BCUT2D eigenvalue weighted by molar-refractivity contribution is 5.79. The van der Waals surface area contributed by atoms with Crippen LogP contribution in [-0.2, 0) is 20.7 Å². The average molecular weight is 430 g/mol. The van der Waals surface area contributed by atoms with Crippen molar-refractivity contribution < 1.29 is 19.4 Å². The molecule has 0 spiro atoms. The van der Waals surface area contributed by atoms with Crippen LogP contribution in [0, 0.1) is 5.92 Å². The van der Waals surface area contributed by atoms with Crippen LogP contribution in [0.2, 0.25) is 0 Å². The monoisotopic (exact) mass is 429 g/mol. The van der Waals surface area contributed by atoms with Crippen molar-refractivity contribution in [3.05, 3.63) is 48.0 Å². The zero-order valence-corrected chi connectivity index (χ0v) is 19.2. The zero-order chi connectivity index (χ0) is 22.5. The number of amides is 1. The topological polar surface area (TPSA) is 66.8 Å². The first-order valence-electron chi connectivity index (χ1n) is 11.8. The van der Waals surface area contributed by atoms with Gasteiger partial charge in [-0.3, -0.25) is 9.59 Å². The van der Waals surface area contributed by atoms with E-state index in [-0.39, 0.29) is 23.8 Å². The lowest BCUT2D eigenvalue weighted by molar-refractivity contribution is -0.140. The number of benzene rings is 1. The van der Waals surface area contributed by atoms with Gasteiger partial charge in [-0.25, -0.2) is 0 Å². The molecular weight excluding hydrogens is 390 g/mol. The first kappa shape index (κ1) is 25.1. The Bertz CT molecular complexity index is 688. The number of carbonyl (C=O) groups is 2. The minimum atomic E-state index is -0.480. The van der Waals surface area contributed by atoms with E-state index >= 15 is 0 Å². The van der Waals surface area contributed by atoms with E-state index in [1.54, 1.807) is 0 Å². The van der Waals surface area contributed by atoms with E-state index in [0.29, 0.717) is 12.8 Å². The summed E-state index contributed by atoms with van der Waals surface area (Å²) >= 11 is 0. The molecule has 0 aliphatic carbocycles. The van der Waals surface area contributed by atoms with Gasteiger partial charge < -0.3 is 14.7 Å². The molecule has 5 nitrogen and oxygen atoms in total. The van der Waals surface area contributed by atoms with Gasteiger partial charge >= 0.3 is 5.97 Å². The third-order valence-electron chi connectivity index (χ3n) is 6.21. The third-order valence-corrected chi connectivity index (χ3v) is 6.21. The van der Waals surface area contributed by atoms with Crippen molar-refractivity contribution in [1.82, 2.24) is 4.90 Å². The van der Waals surface area contributed by atoms with Gasteiger partial charge in [0, 0.05) is 19.4 Å². The summed E-state index contributed by atoms with van der Waals surface area (Å²) in [6.07, 6.45) is 12.1. The number of aryl methyl sites for hydroxylation is 1. The molecule has 1 amide bonds. The first-order valence-corrected chi connectivity index (χ1v) is 11.8. The number of esters is 1. The maximum atomic E-state index is 12.3. The lowest BCUT2D eigenvalue weighted by Crippen LogP contribution is -2.33. The molecule has 0 aromatic heterocycles. The largest absolute Gasteiger partial charge is 0.469 e. The number of rotatable bonds is 14. The van der Waals surface area contributed by atoms with Crippen LogP contribution in [0.5, 0.6) is 0 Å². The SMILES string of the molecule is COC(=O)CCCCCCN1C(=O)CC[C@@H]1C=C[C@H](O)[C@@H](C)CCCc1ccccc1. The van der Waals surface area contributed by atoms with Gasteiger partial charge in [-0.2, -0.15) is 0 Å². The standard InChI is InChI=1S/C26H39NO4/c1-21(11-10-14-22-12-6-5-7-13-22)24(28)18-16-23-17-19-25(29)27(23)20-9-4-3-8-15-26(30)31-2/h5-7,12-13,16,18,21,23-24,28H,3-4,8-11,14-15,17,19-20H2,1-2H3/t21-,23-,24-/m0/s1. The highest BCUT2D eigenvalue weighted by atomic mass is 16.5. The molecule has 1 fully saturated rings. The number of aliphatic hydroxyl groups excluding tert-OH is 1. The zero-order valence-electron chi connectivity index (χ0n) is 19.2. The van der Waals surface area contributed by atoms with Crippen molar-refractivity contribution in [3.8, 4) is 0 Å². The molecule has 0 unspecified atom stereocenters. The smallest absolute Gasteiger partial charge is 0.305 e. The van der Waals surface area contributed by atoms with Crippen molar-refractivity contribution in [3.63, 3.8) is 0 Å². The second-order valence-electron chi connectivity index (χ2n) is 8.66. The molecule has 31 heavy (non-hydrogen) atoms. The molecule has 0 radical (unpaired) electrons. The Labute approximate surface area is 187 Å². The van der Waals surface area contributed by atoms with Gasteiger partial charge in [0.2, 0.25) is 5.91 Å². The Hall–Kier alpha value is -2.14. The third kappa shape index (κ3) is 9.26. The summed E-state index contributed by atoms with van der Waals surface area (Å²) < 4.78 is 4.65. The van der Waals surface area contributed by atoms with Gasteiger partial charge in [0.1, 0.15) is 0 Å². The van der Waals surface area contributed by atoms with Gasteiger partial charge in [-0.15, -0.1) is 0 Å². The summed E-state index contributed by atoms with van der Waals surface area (Å²) in [4.78, 5) is 25.3. The molecule has 1 aromatic carbocycles. The fourth-order valence-corrected chi connectivity index (χ4v) is 4.13. The van der Waals surface area contributed by atoms with E-state index in [2.05, 4.69) is 35.9 Å². The number of likely N-dealkylation sites (tertiary alicyclic amines) is 1. The van der Waals surface area contributed by atoms with Crippen LogP contribution < -0.4 is 0 Å². The van der Waals surface area contributed by atoms with Crippen LogP contribution >= 0.6 is 0 Å². The molecule has 1 aromatic rings. The van der Waals surface area contributed by atoms with Gasteiger partial charge in [0.25, 0.3) is 0 Å². The molecule has 0 saturated carbocycles. The fourth-order valence-electron chi connectivity index (χ4n) is 4.13. The molecule has 1 N–H and O–H groups in total. The number of nitrogens with zero attached hydrogens (tertiary/aromatic N) is 1. The Morgan fingerprint density at radius 3 is 2.68 bits per heavy atom. The van der Waals surface area contributed by atoms with Crippen LogP contribution in [0.25, 0.3) is 0 Å². The highest BCUT2D eigenvalue weighted by Crippen LogP contribution is 2.22. The van der Waals surface area contributed by atoms with Gasteiger partial charge in [-0.1, -0.05) is 62.2 Å². The molecular formula is C26H39NO4. The van der Waals surface area contributed by atoms with Crippen molar-refractivity contribution in [1.29, 1.82) is 0 Å². The minimum Gasteiger partial charge on any atom is -0.469 e. The highest BCUT2D eigenvalue weighted by Gasteiger charge is 2.28. The fraction of sp³-hybridized carbons (Fsp3) is 0.615. The van der Waals surface area contributed by atoms with Crippen LogP contribution in [0.3, 0.4) is 0 Å². The lowest BCUT2D eigenvalue weighted by atomic mass is 9.95. The van der Waals surface area contributed by atoms with Crippen molar-refractivity contribution >= 4 is 11.9 Å². The number of aliphatic hydroxyl groups is 1. The molecule has 3 atom stereocenters. The minimum absolute atomic E-state index is 0.0914. The summed E-state index contributed by atoms with van der Waals surface area (Å²) in [7, 11) is 1.41. The maximum Gasteiger partial charge on any atom is 0.305 e. The molecule has 1 aliphatic heterocycles. The molecule has 1 heterocycles. The summed E-state index contributed by atoms with van der Waals surface area (Å²) in [6, 6.07) is 10.5. The lowest BCUT2D eigenvalue weighted by Gasteiger charge is -2.23. The Morgan fingerprint density at radius 2 is 1.94 bits per heavy atom. The number of carbonyl (C=O) groups excluding carboxylic acids is 2. The quantitative estimate of drug-likeness (QED) is 0.265. The number of methoxy groups -OCH3 is 1. The number of unbranched alkanes of at least 4 members (excludes halogenated alkanes) is 3. The summed E-state index contributed by atoms with van der Waals surface area (Å²) in [5.41, 5.74) is 1.34. The van der Waals surface area contributed by atoms with Gasteiger partial charge in [-0.05, 0) is 50.0 Å². The summed E-state index contributed by atoms with van der Waals surface area (Å²) in [5.74, 6) is 0.239. The first-order chi connectivity index (χ1) is 15.0. The van der Waals surface area contributed by atoms with Crippen LogP contribution in [0.1, 0.15) is 70.3 Å². The molecule has 1 saturated heterocycles. The predicted octanol–water partition coefficient (Wildman–Crippen LogP) is 4.68. The van der Waals surface area contributed by atoms with Crippen LogP contribution in [0.4, 0.5) is 0 Å². The second kappa shape index (κ2) is 14.0. The van der Waals surface area contributed by atoms with E-state index in [4.69, 9.17) is 0 Å². The molecule has 1 aliphatic rings. The number of hydrogen-bond acceptors (Lipinski definition) is 4. The number of hydrogen-bond donors (Lipinski definition) is 1. The predicted molar refractivity (Wildman–Crippen MR) is 124 cm³/mol. The van der Waals surface area contributed by atoms with Crippen LogP contribution in [-0.4, -0.2) is 47.7 Å². The summed E-state index contributed by atoms with van der Waals surface area (Å²) in [5, 5.41) is 10.5. The molecule has 5 heteroatoms. The second-order valence-corrected chi connectivity index (χ2v) is 8.66. The maximum absolute atomic E-state index is 12.3. The van der Waals surface area contributed by atoms with E-state index in [1.807, 2.05) is 23.1 Å². The average Bonchev–Trinajstić information content (AvgIpc) is 3.14. The van der Waals surface area contributed by atoms with E-state index in [1.165, 1.54) is 12.7 Å². The van der Waals surface area contributed by atoms with Gasteiger partial charge in [0.05, 0.1) is 19.3 Å². The van der Waals surface area contributed by atoms with Crippen molar-refractivity contribution in [2.24, 2.45) is 5.92 Å². The van der Waals surface area contributed by atoms with Crippen molar-refractivity contribution in [2.45, 2.75) is 83.3 Å². The molecule has 0 bridgehead atoms. The number of ether oxygens (including phenoxy) is 1. The molecule has 172 valence electrons. The van der Waals surface area contributed by atoms with E-state index < -0.39 is 6.10 Å². The van der Waals surface area contributed by atoms with E-state index in [9.17, 15) is 14.7 Å². The summed E-state index contributed by atoms with van der Waals surface area (Å²) in [6.45, 7) is 2.83. The normalized spacial score (nSPS) is 18.5. The Kier molecular flexibility index (Phi) is 11.4. The van der Waals surface area contributed by atoms with Gasteiger partial charge in [0.15, 0.2) is 0 Å². The van der Waals surface area contributed by atoms with E-state index in [0.717, 1.165) is 57.9 Å². The Morgan fingerprint density at radius 1 is 1.19 bits per heavy atom. The van der Waals surface area contributed by atoms with Crippen LogP contribution in [0.15, 0.2) is 42.5 Å². The van der Waals surface area contributed by atoms with Crippen molar-refractivity contribution in [2.75, 3.05) is 13.7 Å². The Balaban J connectivity index is 1.68. The molecule has 2 rings (SSSR count).